The Hall–Kier alpha value is -2.16. The van der Waals surface area contributed by atoms with E-state index in [4.69, 9.17) is 0 Å². The second-order valence-electron chi connectivity index (χ2n) is 5.10. The van der Waals surface area contributed by atoms with Crippen LogP contribution in [-0.4, -0.2) is 31.9 Å². The Labute approximate surface area is 131 Å². The van der Waals surface area contributed by atoms with E-state index in [0.29, 0.717) is 24.6 Å². The number of anilines is 1. The molecule has 0 radical (unpaired) electrons. The smallest absolute Gasteiger partial charge is 0.338 e. The van der Waals surface area contributed by atoms with Crippen molar-refractivity contribution < 1.29 is 4.79 Å². The van der Waals surface area contributed by atoms with Crippen molar-refractivity contribution in [2.75, 3.05) is 11.9 Å². The average molecular weight is 322 g/mol. The number of aryl methyl sites for hydroxylation is 2. The van der Waals surface area contributed by atoms with Crippen molar-refractivity contribution >= 4 is 22.5 Å². The summed E-state index contributed by atoms with van der Waals surface area (Å²) in [6.45, 7) is 1.75. The van der Waals surface area contributed by atoms with Crippen molar-refractivity contribution in [1.29, 1.82) is 0 Å². The molecule has 8 nitrogen and oxygen atoms in total. The summed E-state index contributed by atoms with van der Waals surface area (Å²) >= 11 is 1.36. The molecule has 0 aliphatic carbocycles. The fourth-order valence-corrected chi connectivity index (χ4v) is 2.98. The lowest BCUT2D eigenvalue weighted by Gasteiger charge is -2.09. The van der Waals surface area contributed by atoms with E-state index in [1.165, 1.54) is 16.0 Å². The molecule has 3 rings (SSSR count). The summed E-state index contributed by atoms with van der Waals surface area (Å²) in [6, 6.07) is -0.286. The largest absolute Gasteiger partial charge is 0.345 e. The number of rotatable bonds is 5. The highest BCUT2D eigenvalue weighted by atomic mass is 32.1. The maximum absolute atomic E-state index is 12.1. The molecule has 1 aliphatic rings. The van der Waals surface area contributed by atoms with Crippen LogP contribution in [0.4, 0.5) is 9.93 Å². The van der Waals surface area contributed by atoms with Crippen molar-refractivity contribution in [1.82, 2.24) is 24.6 Å². The van der Waals surface area contributed by atoms with Crippen LogP contribution in [-0.2, 0) is 19.5 Å². The van der Waals surface area contributed by atoms with Gasteiger partial charge in [-0.25, -0.2) is 19.3 Å². The van der Waals surface area contributed by atoms with Crippen molar-refractivity contribution in [3.8, 4) is 0 Å². The van der Waals surface area contributed by atoms with Crippen LogP contribution in [0.25, 0.3) is 0 Å². The first-order valence-corrected chi connectivity index (χ1v) is 8.23. The minimum absolute atomic E-state index is 0.0399. The molecule has 0 spiro atoms. The van der Waals surface area contributed by atoms with Gasteiger partial charge in [-0.2, -0.15) is 5.10 Å². The van der Waals surface area contributed by atoms with Crippen LogP contribution >= 0.6 is 11.3 Å². The van der Waals surface area contributed by atoms with E-state index in [-0.39, 0.29) is 11.7 Å². The van der Waals surface area contributed by atoms with Gasteiger partial charge in [-0.1, -0.05) is 0 Å². The van der Waals surface area contributed by atoms with Crippen LogP contribution in [0.3, 0.4) is 0 Å². The van der Waals surface area contributed by atoms with E-state index in [2.05, 4.69) is 20.7 Å². The van der Waals surface area contributed by atoms with Gasteiger partial charge in [0.2, 0.25) is 0 Å². The van der Waals surface area contributed by atoms with Gasteiger partial charge in [0.1, 0.15) is 5.82 Å². The van der Waals surface area contributed by atoms with E-state index in [9.17, 15) is 9.59 Å². The summed E-state index contributed by atoms with van der Waals surface area (Å²) in [5.41, 5.74) is -0.0399. The van der Waals surface area contributed by atoms with E-state index >= 15 is 0 Å². The number of hydrogen-bond acceptors (Lipinski definition) is 5. The Morgan fingerprint density at radius 1 is 1.41 bits per heavy atom. The highest BCUT2D eigenvalue weighted by Gasteiger charge is 2.16. The number of thiazole rings is 1. The number of aromatic nitrogens is 4. The highest BCUT2D eigenvalue weighted by molar-refractivity contribution is 7.13. The quantitative estimate of drug-likeness (QED) is 0.805. The van der Waals surface area contributed by atoms with E-state index in [0.717, 1.165) is 31.6 Å². The first-order valence-electron chi connectivity index (χ1n) is 7.35. The van der Waals surface area contributed by atoms with Crippen molar-refractivity contribution in [3.63, 3.8) is 0 Å². The van der Waals surface area contributed by atoms with Crippen molar-refractivity contribution in [2.45, 2.75) is 38.8 Å². The Balaban J connectivity index is 1.44. The number of amides is 2. The predicted octanol–water partition coefficient (Wildman–Crippen LogP) is 1.05. The highest BCUT2D eigenvalue weighted by Crippen LogP contribution is 2.10. The molecule has 2 aromatic heterocycles. The average Bonchev–Trinajstić information content (AvgIpc) is 3.13. The minimum Gasteiger partial charge on any atom is -0.338 e. The van der Waals surface area contributed by atoms with Crippen LogP contribution in [0, 0.1) is 0 Å². The fraction of sp³-hybridized carbons (Fsp3) is 0.538. The molecule has 2 N–H and O–H groups in total. The van der Waals surface area contributed by atoms with Gasteiger partial charge >= 0.3 is 11.7 Å². The number of nitrogens with one attached hydrogen (secondary N) is 2. The van der Waals surface area contributed by atoms with E-state index < -0.39 is 0 Å². The van der Waals surface area contributed by atoms with Gasteiger partial charge in [-0.3, -0.25) is 9.88 Å². The van der Waals surface area contributed by atoms with Gasteiger partial charge in [0.15, 0.2) is 5.13 Å². The summed E-state index contributed by atoms with van der Waals surface area (Å²) in [7, 11) is 0. The molecular formula is C13H18N6O2S. The zero-order valence-electron chi connectivity index (χ0n) is 12.1. The molecule has 0 atom stereocenters. The molecule has 22 heavy (non-hydrogen) atoms. The van der Waals surface area contributed by atoms with Gasteiger partial charge < -0.3 is 5.32 Å². The lowest BCUT2D eigenvalue weighted by Crippen LogP contribution is -2.31. The second kappa shape index (κ2) is 6.73. The normalized spacial score (nSPS) is 13.6. The van der Waals surface area contributed by atoms with Gasteiger partial charge in [0, 0.05) is 37.6 Å². The van der Waals surface area contributed by atoms with Crippen LogP contribution in [0.1, 0.15) is 25.1 Å². The molecule has 9 heteroatoms. The third-order valence-electron chi connectivity index (χ3n) is 3.52. The maximum Gasteiger partial charge on any atom is 0.345 e. The van der Waals surface area contributed by atoms with Crippen LogP contribution in [0.5, 0.6) is 0 Å². The van der Waals surface area contributed by atoms with Gasteiger partial charge in [0.25, 0.3) is 0 Å². The third-order valence-corrected chi connectivity index (χ3v) is 4.21. The lowest BCUT2D eigenvalue weighted by molar-refractivity contribution is 0.251. The molecule has 0 fully saturated rings. The Kier molecular flexibility index (Phi) is 4.52. The molecule has 0 saturated heterocycles. The number of fused-ring (bicyclic) bond motifs is 1. The van der Waals surface area contributed by atoms with E-state index in [1.807, 2.05) is 0 Å². The molecular weight excluding hydrogens is 304 g/mol. The molecule has 118 valence electrons. The predicted molar refractivity (Wildman–Crippen MR) is 83.2 cm³/mol. The molecule has 2 aromatic rings. The lowest BCUT2D eigenvalue weighted by atomic mass is 10.2. The third kappa shape index (κ3) is 3.35. The SMILES string of the molecule is O=C(NCCCn1nc2n(c1=O)CCCC2)Nc1nccs1. The number of carbonyl (C=O) groups is 1. The van der Waals surface area contributed by atoms with Crippen LogP contribution in [0.15, 0.2) is 16.4 Å². The van der Waals surface area contributed by atoms with Gasteiger partial charge in [-0.15, -0.1) is 11.3 Å². The fourth-order valence-electron chi connectivity index (χ4n) is 2.45. The topological polar surface area (TPSA) is 93.8 Å². The first kappa shape index (κ1) is 14.8. The number of nitrogens with zero attached hydrogens (tertiary/aromatic N) is 4. The number of carbonyl (C=O) groups excluding carboxylic acids is 1. The zero-order chi connectivity index (χ0) is 15.4. The standard InChI is InChI=1S/C13H18N6O2S/c20-11(16-12-15-6-9-22-12)14-5-3-8-19-13(21)18-7-2-1-4-10(18)17-19/h6,9H,1-5,7-8H2,(H2,14,15,16,20). The van der Waals surface area contributed by atoms with E-state index in [1.54, 1.807) is 16.1 Å². The molecule has 1 aliphatic heterocycles. The zero-order valence-corrected chi connectivity index (χ0v) is 12.9. The second-order valence-corrected chi connectivity index (χ2v) is 6.00. The summed E-state index contributed by atoms with van der Waals surface area (Å²) in [5, 5.41) is 12.1. The molecule has 0 bridgehead atoms. The first-order chi connectivity index (χ1) is 10.7. The van der Waals surface area contributed by atoms with Crippen molar-refractivity contribution in [3.05, 3.63) is 27.9 Å². The summed E-state index contributed by atoms with van der Waals surface area (Å²) in [5.74, 6) is 0.880. The molecule has 0 saturated carbocycles. The Morgan fingerprint density at radius 3 is 3.09 bits per heavy atom. The van der Waals surface area contributed by atoms with Gasteiger partial charge in [0.05, 0.1) is 0 Å². The molecule has 2 amide bonds. The Morgan fingerprint density at radius 2 is 2.32 bits per heavy atom. The van der Waals surface area contributed by atoms with Crippen molar-refractivity contribution in [2.24, 2.45) is 0 Å². The summed E-state index contributed by atoms with van der Waals surface area (Å²) in [4.78, 5) is 27.7. The van der Waals surface area contributed by atoms with Crippen LogP contribution in [0.2, 0.25) is 0 Å². The molecule has 0 aromatic carbocycles. The number of urea groups is 1. The monoisotopic (exact) mass is 322 g/mol. The molecule has 0 unspecified atom stereocenters. The summed E-state index contributed by atoms with van der Waals surface area (Å²) < 4.78 is 3.26. The van der Waals surface area contributed by atoms with Crippen LogP contribution < -0.4 is 16.3 Å². The number of hydrogen-bond donors (Lipinski definition) is 2. The maximum atomic E-state index is 12.1. The molecule has 3 heterocycles. The Bertz CT molecular complexity index is 690. The summed E-state index contributed by atoms with van der Waals surface area (Å²) in [6.07, 6.45) is 5.29. The van der Waals surface area contributed by atoms with Gasteiger partial charge in [-0.05, 0) is 19.3 Å². The minimum atomic E-state index is -0.286.